The molecule has 0 saturated carbocycles. The molecule has 0 radical (unpaired) electrons. The van der Waals surface area contributed by atoms with Crippen LogP contribution < -0.4 is 4.90 Å². The van der Waals surface area contributed by atoms with Crippen molar-refractivity contribution in [2.45, 2.75) is 0 Å². The molecule has 0 atom stereocenters. The summed E-state index contributed by atoms with van der Waals surface area (Å²) in [6, 6.07) is 75.8. The molecule has 0 saturated heterocycles. The van der Waals surface area contributed by atoms with Crippen LogP contribution in [0, 0.1) is 0 Å². The molecule has 0 aliphatic heterocycles. The van der Waals surface area contributed by atoms with E-state index >= 15 is 0 Å². The highest BCUT2D eigenvalue weighted by molar-refractivity contribution is 6.22. The Hall–Kier alpha value is -7.16. The molecular formula is C52H35NO. The number of furan rings is 1. The molecule has 254 valence electrons. The zero-order valence-electron chi connectivity index (χ0n) is 29.6. The van der Waals surface area contributed by atoms with Gasteiger partial charge in [0.05, 0.1) is 5.69 Å². The first-order valence-electron chi connectivity index (χ1n) is 18.4. The second kappa shape index (κ2) is 13.4. The van der Waals surface area contributed by atoms with E-state index < -0.39 is 0 Å². The molecule has 0 unspecified atom stereocenters. The minimum absolute atomic E-state index is 0.904. The van der Waals surface area contributed by atoms with Gasteiger partial charge in [0.15, 0.2) is 0 Å². The minimum atomic E-state index is 0.904. The molecule has 0 bridgehead atoms. The Labute approximate surface area is 314 Å². The van der Waals surface area contributed by atoms with Crippen molar-refractivity contribution in [3.8, 4) is 44.5 Å². The summed E-state index contributed by atoms with van der Waals surface area (Å²) in [4.78, 5) is 2.37. The molecule has 0 aliphatic rings. The quantitative estimate of drug-likeness (QED) is 0.166. The van der Waals surface area contributed by atoms with Gasteiger partial charge in [0, 0.05) is 27.7 Å². The first-order chi connectivity index (χ1) is 26.8. The van der Waals surface area contributed by atoms with Gasteiger partial charge in [-0.1, -0.05) is 164 Å². The summed E-state index contributed by atoms with van der Waals surface area (Å²) < 4.78 is 6.46. The van der Waals surface area contributed by atoms with E-state index in [0.29, 0.717) is 0 Å². The van der Waals surface area contributed by atoms with Crippen LogP contribution >= 0.6 is 0 Å². The van der Waals surface area contributed by atoms with Crippen molar-refractivity contribution < 1.29 is 4.42 Å². The lowest BCUT2D eigenvalue weighted by Gasteiger charge is -2.28. The van der Waals surface area contributed by atoms with Crippen LogP contribution in [0.25, 0.3) is 77.2 Å². The number of benzene rings is 9. The molecule has 2 heteroatoms. The second-order valence-corrected chi connectivity index (χ2v) is 13.7. The average Bonchev–Trinajstić information content (AvgIpc) is 3.64. The molecule has 54 heavy (non-hydrogen) atoms. The summed E-state index contributed by atoms with van der Waals surface area (Å²) in [7, 11) is 0. The Balaban J connectivity index is 1.10. The zero-order valence-corrected chi connectivity index (χ0v) is 29.6. The van der Waals surface area contributed by atoms with E-state index in [1.807, 2.05) is 6.07 Å². The van der Waals surface area contributed by atoms with E-state index in [2.05, 4.69) is 211 Å². The van der Waals surface area contributed by atoms with E-state index in [-0.39, 0.29) is 0 Å². The van der Waals surface area contributed by atoms with Crippen LogP contribution in [0.4, 0.5) is 17.1 Å². The summed E-state index contributed by atoms with van der Waals surface area (Å²) in [6.45, 7) is 0. The monoisotopic (exact) mass is 689 g/mol. The van der Waals surface area contributed by atoms with Crippen LogP contribution in [0.5, 0.6) is 0 Å². The fraction of sp³-hybridized carbons (Fsp3) is 0. The number of hydrogen-bond donors (Lipinski definition) is 0. The normalized spacial score (nSPS) is 11.3. The number of hydrogen-bond acceptors (Lipinski definition) is 2. The van der Waals surface area contributed by atoms with Gasteiger partial charge in [-0.25, -0.2) is 0 Å². The van der Waals surface area contributed by atoms with Gasteiger partial charge >= 0.3 is 0 Å². The van der Waals surface area contributed by atoms with Crippen molar-refractivity contribution in [2.24, 2.45) is 0 Å². The van der Waals surface area contributed by atoms with Crippen LogP contribution in [-0.4, -0.2) is 0 Å². The second-order valence-electron chi connectivity index (χ2n) is 13.7. The highest BCUT2D eigenvalue weighted by Crippen LogP contribution is 2.44. The zero-order chi connectivity index (χ0) is 35.8. The van der Waals surface area contributed by atoms with Gasteiger partial charge in [-0.2, -0.15) is 0 Å². The van der Waals surface area contributed by atoms with Gasteiger partial charge in [0.1, 0.15) is 11.2 Å². The van der Waals surface area contributed by atoms with Crippen molar-refractivity contribution in [3.63, 3.8) is 0 Å². The van der Waals surface area contributed by atoms with Gasteiger partial charge in [-0.3, -0.25) is 0 Å². The van der Waals surface area contributed by atoms with E-state index in [1.54, 1.807) is 0 Å². The lowest BCUT2D eigenvalue weighted by atomic mass is 9.92. The molecule has 0 fully saturated rings. The number of para-hydroxylation sites is 2. The fourth-order valence-corrected chi connectivity index (χ4v) is 7.87. The number of anilines is 3. The topological polar surface area (TPSA) is 16.4 Å². The molecule has 0 aliphatic carbocycles. The summed E-state index contributed by atoms with van der Waals surface area (Å²) >= 11 is 0. The van der Waals surface area contributed by atoms with Crippen molar-refractivity contribution in [2.75, 3.05) is 4.90 Å². The Kier molecular flexibility index (Phi) is 7.85. The average molecular weight is 690 g/mol. The van der Waals surface area contributed by atoms with Crippen LogP contribution in [0.15, 0.2) is 217 Å². The molecule has 2 nitrogen and oxygen atoms in total. The Morgan fingerprint density at radius 2 is 0.796 bits per heavy atom. The largest absolute Gasteiger partial charge is 0.456 e. The molecule has 0 N–H and O–H groups in total. The lowest BCUT2D eigenvalue weighted by molar-refractivity contribution is 0.669. The van der Waals surface area contributed by atoms with Gasteiger partial charge in [-0.05, 0) is 98.2 Å². The maximum Gasteiger partial charge on any atom is 0.136 e. The van der Waals surface area contributed by atoms with Crippen LogP contribution in [-0.2, 0) is 0 Å². The molecule has 10 rings (SSSR count). The summed E-state index contributed by atoms with van der Waals surface area (Å²) in [6.07, 6.45) is 0. The Morgan fingerprint density at radius 1 is 0.296 bits per heavy atom. The predicted octanol–water partition coefficient (Wildman–Crippen LogP) is 14.9. The van der Waals surface area contributed by atoms with Crippen LogP contribution in [0.2, 0.25) is 0 Å². The Morgan fingerprint density at radius 3 is 1.46 bits per heavy atom. The molecule has 10 aromatic rings. The maximum atomic E-state index is 6.46. The third kappa shape index (κ3) is 5.62. The van der Waals surface area contributed by atoms with Crippen LogP contribution in [0.3, 0.4) is 0 Å². The molecule has 9 aromatic carbocycles. The highest BCUT2D eigenvalue weighted by Gasteiger charge is 2.19. The standard InChI is InChI=1S/C52H35NO/c1-4-14-36(15-5-1)37-24-29-42(30-25-37)53(49-22-12-10-20-44(49)39-16-6-2-7-17-39)43-31-26-38(27-32-43)41-28-33-45-47(40-18-8-3-9-19-40)35-51-52(48(45)34-41)46-21-11-13-23-50(46)54-51/h1-35H. The maximum absolute atomic E-state index is 6.46. The minimum Gasteiger partial charge on any atom is -0.456 e. The SMILES string of the molecule is c1ccc(-c2ccc(N(c3ccc(-c4ccc5c(-c6ccccc6)cc6oc7ccccc7c6c5c4)cc3)c3ccccc3-c3ccccc3)cc2)cc1. The summed E-state index contributed by atoms with van der Waals surface area (Å²) in [5, 5.41) is 4.69. The Bertz CT molecular complexity index is 2890. The van der Waals surface area contributed by atoms with Crippen molar-refractivity contribution in [1.82, 2.24) is 0 Å². The fourth-order valence-electron chi connectivity index (χ4n) is 7.87. The van der Waals surface area contributed by atoms with E-state index in [4.69, 9.17) is 4.42 Å². The number of nitrogens with zero attached hydrogens (tertiary/aromatic N) is 1. The third-order valence-corrected chi connectivity index (χ3v) is 10.5. The first kappa shape index (κ1) is 31.6. The van der Waals surface area contributed by atoms with Crippen molar-refractivity contribution in [3.05, 3.63) is 212 Å². The van der Waals surface area contributed by atoms with E-state index in [9.17, 15) is 0 Å². The summed E-state index contributed by atoms with van der Waals surface area (Å²) in [5.41, 5.74) is 14.5. The number of fused-ring (bicyclic) bond motifs is 5. The van der Waals surface area contributed by atoms with Crippen molar-refractivity contribution >= 4 is 49.8 Å². The lowest BCUT2D eigenvalue weighted by Crippen LogP contribution is -2.11. The third-order valence-electron chi connectivity index (χ3n) is 10.5. The van der Waals surface area contributed by atoms with Gasteiger partial charge in [-0.15, -0.1) is 0 Å². The van der Waals surface area contributed by atoms with Gasteiger partial charge < -0.3 is 9.32 Å². The molecule has 1 heterocycles. The summed E-state index contributed by atoms with van der Waals surface area (Å²) in [5.74, 6) is 0. The van der Waals surface area contributed by atoms with Crippen molar-refractivity contribution in [1.29, 1.82) is 0 Å². The molecule has 0 spiro atoms. The van der Waals surface area contributed by atoms with Gasteiger partial charge in [0.25, 0.3) is 0 Å². The number of rotatable bonds is 7. The highest BCUT2D eigenvalue weighted by atomic mass is 16.3. The molecular weight excluding hydrogens is 655 g/mol. The van der Waals surface area contributed by atoms with E-state index in [0.717, 1.165) is 50.1 Å². The van der Waals surface area contributed by atoms with Gasteiger partial charge in [0.2, 0.25) is 0 Å². The van der Waals surface area contributed by atoms with E-state index in [1.165, 1.54) is 44.2 Å². The van der Waals surface area contributed by atoms with Crippen LogP contribution in [0.1, 0.15) is 0 Å². The predicted molar refractivity (Wildman–Crippen MR) is 228 cm³/mol. The first-order valence-corrected chi connectivity index (χ1v) is 18.4. The molecule has 1 aromatic heterocycles. The smallest absolute Gasteiger partial charge is 0.136 e. The molecule has 0 amide bonds.